The number of hydrogen-bond donors (Lipinski definition) is 2. The van der Waals surface area contributed by atoms with E-state index >= 15 is 0 Å². The van der Waals surface area contributed by atoms with Crippen molar-refractivity contribution in [3.63, 3.8) is 0 Å². The van der Waals surface area contributed by atoms with E-state index in [0.717, 1.165) is 33.5 Å². The molecule has 0 saturated carbocycles. The number of benzene rings is 1. The summed E-state index contributed by atoms with van der Waals surface area (Å²) in [6, 6.07) is 6.17. The van der Waals surface area contributed by atoms with E-state index in [0.29, 0.717) is 0 Å². The van der Waals surface area contributed by atoms with Gasteiger partial charge in [-0.2, -0.15) is 0 Å². The molecule has 0 spiro atoms. The van der Waals surface area contributed by atoms with Gasteiger partial charge in [-0.05, 0) is 60.5 Å². The van der Waals surface area contributed by atoms with Gasteiger partial charge in [0.05, 0.1) is 0 Å². The summed E-state index contributed by atoms with van der Waals surface area (Å²) in [5, 5.41) is 3.19. The van der Waals surface area contributed by atoms with Crippen molar-refractivity contribution in [2.75, 3.05) is 7.05 Å². The van der Waals surface area contributed by atoms with Crippen molar-refractivity contribution in [2.24, 2.45) is 5.73 Å². The van der Waals surface area contributed by atoms with Crippen LogP contribution in [-0.2, 0) is 0 Å². The van der Waals surface area contributed by atoms with Crippen LogP contribution in [0.5, 0.6) is 0 Å². The van der Waals surface area contributed by atoms with Gasteiger partial charge in [0.1, 0.15) is 0 Å². The Morgan fingerprint density at radius 1 is 1.08 bits per heavy atom. The number of nitrogens with one attached hydrogen (secondary N) is 1. The van der Waals surface area contributed by atoms with Crippen LogP contribution in [0.25, 0.3) is 17.8 Å². The van der Waals surface area contributed by atoms with Crippen molar-refractivity contribution < 1.29 is 0 Å². The normalized spacial score (nSPS) is 10.9. The summed E-state index contributed by atoms with van der Waals surface area (Å²) >= 11 is 0. The fourth-order valence-corrected chi connectivity index (χ4v) is 1.88. The van der Waals surface area contributed by atoms with Crippen molar-refractivity contribution in [3.05, 3.63) is 103 Å². The molecule has 3 N–H and O–H groups in total. The van der Waals surface area contributed by atoms with Crippen LogP contribution in [0.1, 0.15) is 30.5 Å². The molecule has 0 atom stereocenters. The molecule has 25 heavy (non-hydrogen) atoms. The van der Waals surface area contributed by atoms with Gasteiger partial charge in [0.15, 0.2) is 0 Å². The molecular weight excluding hydrogens is 304 g/mol. The third-order valence-electron chi connectivity index (χ3n) is 3.39. The van der Waals surface area contributed by atoms with Gasteiger partial charge in [0.2, 0.25) is 0 Å². The van der Waals surface area contributed by atoms with E-state index in [9.17, 15) is 0 Å². The lowest BCUT2D eigenvalue weighted by molar-refractivity contribution is 1.12. The largest absolute Gasteiger partial charge is 0.405 e. The van der Waals surface area contributed by atoms with E-state index in [1.807, 2.05) is 57.3 Å². The van der Waals surface area contributed by atoms with Gasteiger partial charge in [-0.25, -0.2) is 0 Å². The fourth-order valence-electron chi connectivity index (χ4n) is 1.88. The van der Waals surface area contributed by atoms with Crippen LogP contribution < -0.4 is 11.1 Å². The van der Waals surface area contributed by atoms with Crippen LogP contribution in [0.2, 0.25) is 0 Å². The zero-order valence-electron chi connectivity index (χ0n) is 15.7. The molecule has 0 aliphatic rings. The van der Waals surface area contributed by atoms with Gasteiger partial charge in [-0.15, -0.1) is 0 Å². The summed E-state index contributed by atoms with van der Waals surface area (Å²) in [5.74, 6) is 0. The van der Waals surface area contributed by atoms with Crippen LogP contribution in [0.4, 0.5) is 0 Å². The summed E-state index contributed by atoms with van der Waals surface area (Å²) in [6.07, 6.45) is 12.7. The minimum absolute atomic E-state index is 0.914. The summed E-state index contributed by atoms with van der Waals surface area (Å²) in [7, 11) is 1.90. The molecule has 0 saturated heterocycles. The Hall–Kier alpha value is -3.00. The van der Waals surface area contributed by atoms with Gasteiger partial charge in [0, 0.05) is 12.7 Å². The van der Waals surface area contributed by atoms with Crippen molar-refractivity contribution in [3.8, 4) is 0 Å². The van der Waals surface area contributed by atoms with E-state index < -0.39 is 0 Å². The Kier molecular flexibility index (Phi) is 10.9. The Labute approximate surface area is 153 Å². The van der Waals surface area contributed by atoms with Crippen LogP contribution in [0, 0.1) is 0 Å². The van der Waals surface area contributed by atoms with Crippen molar-refractivity contribution in [1.29, 1.82) is 0 Å². The second kappa shape index (κ2) is 12.4. The number of rotatable bonds is 7. The number of nitrogens with two attached hydrogens (primary N) is 1. The maximum atomic E-state index is 4.98. The molecule has 0 aliphatic carbocycles. The first-order valence-electron chi connectivity index (χ1n) is 8.08. The molecule has 0 radical (unpaired) electrons. The predicted octanol–water partition coefficient (Wildman–Crippen LogP) is 5.70. The molecule has 1 rings (SSSR count). The number of hydrogen-bond acceptors (Lipinski definition) is 2. The molecule has 0 amide bonds. The SMILES string of the molecule is C/C=C\C=C/N.C=Cc1ccc(/C(=C/C(=C)C(=C)C)NC)cc1C=C. The average molecular weight is 335 g/mol. The van der Waals surface area contributed by atoms with Gasteiger partial charge in [-0.3, -0.25) is 0 Å². The Morgan fingerprint density at radius 3 is 2.12 bits per heavy atom. The summed E-state index contributed by atoms with van der Waals surface area (Å²) in [5.41, 5.74) is 11.1. The topological polar surface area (TPSA) is 38.0 Å². The van der Waals surface area contributed by atoms with Crippen LogP contribution in [0.15, 0.2) is 86.2 Å². The highest BCUT2D eigenvalue weighted by Gasteiger charge is 2.03. The first kappa shape index (κ1) is 22.0. The zero-order chi connectivity index (χ0) is 19.2. The first-order chi connectivity index (χ1) is 11.9. The minimum Gasteiger partial charge on any atom is -0.405 e. The van der Waals surface area contributed by atoms with E-state index in [1.54, 1.807) is 6.08 Å². The Bertz CT molecular complexity index is 691. The van der Waals surface area contributed by atoms with Crippen LogP contribution >= 0.6 is 0 Å². The quantitative estimate of drug-likeness (QED) is 0.628. The number of allylic oxidation sites excluding steroid dienone is 6. The monoisotopic (exact) mass is 334 g/mol. The zero-order valence-corrected chi connectivity index (χ0v) is 15.7. The minimum atomic E-state index is 0.914. The molecule has 0 heterocycles. The summed E-state index contributed by atoms with van der Waals surface area (Å²) in [6.45, 7) is 19.4. The highest BCUT2D eigenvalue weighted by molar-refractivity contribution is 5.73. The maximum absolute atomic E-state index is 4.98. The highest BCUT2D eigenvalue weighted by Crippen LogP contribution is 2.21. The fraction of sp³-hybridized carbons (Fsp3) is 0.130. The third-order valence-corrected chi connectivity index (χ3v) is 3.39. The first-order valence-corrected chi connectivity index (χ1v) is 8.08. The third kappa shape index (κ3) is 7.89. The molecule has 0 fully saturated rings. The smallest absolute Gasteiger partial charge is 0.0417 e. The molecule has 132 valence electrons. The van der Waals surface area contributed by atoms with Crippen LogP contribution in [-0.4, -0.2) is 7.05 Å². The molecule has 1 aromatic rings. The summed E-state index contributed by atoms with van der Waals surface area (Å²) < 4.78 is 0. The highest BCUT2D eigenvalue weighted by atomic mass is 14.8. The van der Waals surface area contributed by atoms with Crippen molar-refractivity contribution in [1.82, 2.24) is 5.32 Å². The molecule has 2 heteroatoms. The molecule has 2 nitrogen and oxygen atoms in total. The average Bonchev–Trinajstić information content (AvgIpc) is 2.63. The standard InChI is InChI=1S/C18H21N.C5H9N/c1-7-15-9-10-17(12-16(15)8-2)18(19-6)11-14(5)13(3)4;1-2-3-4-5-6/h7-12,19H,1-3,5H2,4,6H3;2-5H,6H2,1H3/b18-11-;3-2-,5-4-. The second-order valence-electron chi connectivity index (χ2n) is 5.28. The van der Waals surface area contributed by atoms with Gasteiger partial charge in [0.25, 0.3) is 0 Å². The predicted molar refractivity (Wildman–Crippen MR) is 116 cm³/mol. The van der Waals surface area contributed by atoms with Gasteiger partial charge >= 0.3 is 0 Å². The Balaban J connectivity index is 0.000000823. The molecular formula is C23H30N2. The van der Waals surface area contributed by atoms with E-state index in [1.165, 1.54) is 6.20 Å². The van der Waals surface area contributed by atoms with E-state index in [-0.39, 0.29) is 0 Å². The lowest BCUT2D eigenvalue weighted by atomic mass is 10.0. The second-order valence-corrected chi connectivity index (χ2v) is 5.28. The molecule has 0 unspecified atom stereocenters. The lowest BCUT2D eigenvalue weighted by Gasteiger charge is -2.11. The molecule has 0 aliphatic heterocycles. The van der Waals surface area contributed by atoms with Crippen LogP contribution in [0.3, 0.4) is 0 Å². The van der Waals surface area contributed by atoms with Gasteiger partial charge < -0.3 is 11.1 Å². The molecule has 1 aromatic carbocycles. The maximum Gasteiger partial charge on any atom is 0.0417 e. The molecule has 0 bridgehead atoms. The van der Waals surface area contributed by atoms with Gasteiger partial charge in [-0.1, -0.05) is 68.3 Å². The Morgan fingerprint density at radius 2 is 1.72 bits per heavy atom. The van der Waals surface area contributed by atoms with Crippen molar-refractivity contribution in [2.45, 2.75) is 13.8 Å². The molecule has 0 aromatic heterocycles. The van der Waals surface area contributed by atoms with E-state index in [4.69, 9.17) is 5.73 Å². The lowest BCUT2D eigenvalue weighted by Crippen LogP contribution is -2.05. The van der Waals surface area contributed by atoms with Crippen molar-refractivity contribution >= 4 is 17.8 Å². The summed E-state index contributed by atoms with van der Waals surface area (Å²) in [4.78, 5) is 0. The van der Waals surface area contributed by atoms with E-state index in [2.05, 4.69) is 43.8 Å².